The molecule has 0 saturated heterocycles. The van der Waals surface area contributed by atoms with Crippen molar-refractivity contribution in [1.82, 2.24) is 18.5 Å². The highest BCUT2D eigenvalue weighted by molar-refractivity contribution is 3.84. The molecule has 0 aromatic rings. The van der Waals surface area contributed by atoms with Gasteiger partial charge in [-0.3, -0.25) is 0 Å². The molecule has 0 heterocycles. The van der Waals surface area contributed by atoms with E-state index in [2.05, 4.69) is 0 Å². The molecule has 19 nitrogen and oxygen atoms in total. The quantitative estimate of drug-likeness (QED) is 0.210. The predicted octanol–water partition coefficient (Wildman–Crippen LogP) is -0.905. The largest absolute Gasteiger partial charge is 0.344 e. The van der Waals surface area contributed by atoms with Crippen LogP contribution in [0.4, 0.5) is 0 Å². The summed E-state index contributed by atoms with van der Waals surface area (Å²) in [5.74, 6) is 0. The van der Waals surface area contributed by atoms with Crippen molar-refractivity contribution in [2.24, 2.45) is 0 Å². The third kappa shape index (κ3) is 214. The SMILES string of the molecule is N.N.N.O=[N+]([O-])O.O=[N+]([O-])O.O=[N+]([O-])O.O=[N+]([O-])O. The van der Waals surface area contributed by atoms with Crippen LogP contribution in [0.3, 0.4) is 0 Å². The van der Waals surface area contributed by atoms with Crippen LogP contribution in [0.2, 0.25) is 0 Å². The Morgan fingerprint density at radius 3 is 0.474 bits per heavy atom. The second kappa shape index (κ2) is 36.5. The molecule has 0 spiro atoms. The van der Waals surface area contributed by atoms with Crippen molar-refractivity contribution >= 4 is 0 Å². The summed E-state index contributed by atoms with van der Waals surface area (Å²) in [4.78, 5) is 33.4. The minimum atomic E-state index is -1.50. The van der Waals surface area contributed by atoms with Gasteiger partial charge in [0.15, 0.2) is 0 Å². The molecule has 19 heavy (non-hydrogen) atoms. The lowest BCUT2D eigenvalue weighted by atomic mass is 13.1. The maximum atomic E-state index is 8.36. The van der Waals surface area contributed by atoms with Gasteiger partial charge in [0.1, 0.15) is 0 Å². The molecule has 0 fully saturated rings. The minimum absolute atomic E-state index is 0. The second-order valence-corrected chi connectivity index (χ2v) is 0.951. The van der Waals surface area contributed by atoms with Gasteiger partial charge in [-0.15, -0.1) is 40.5 Å². The third-order valence-electron chi connectivity index (χ3n) is 0. The second-order valence-electron chi connectivity index (χ2n) is 0.951. The van der Waals surface area contributed by atoms with Crippen molar-refractivity contribution in [2.45, 2.75) is 0 Å². The highest BCUT2D eigenvalue weighted by Crippen LogP contribution is 1.39. The lowest BCUT2D eigenvalue weighted by Crippen LogP contribution is -1.81. The molecule has 13 N–H and O–H groups in total. The normalized spacial score (nSPS) is 5.05. The molecule has 0 amide bonds. The highest BCUT2D eigenvalue weighted by Gasteiger charge is 1.66. The average Bonchev–Trinajstić information content (AvgIpc) is 1.76. The first-order valence-electron chi connectivity index (χ1n) is 2.26. The van der Waals surface area contributed by atoms with E-state index in [1.807, 2.05) is 0 Å². The fourth-order valence-electron chi connectivity index (χ4n) is 0. The predicted molar refractivity (Wildman–Crippen MR) is 50.2 cm³/mol. The number of hydrogen-bond donors (Lipinski definition) is 7. The maximum Gasteiger partial charge on any atom is 0.291 e. The first-order chi connectivity index (χ1) is 6.93. The summed E-state index contributed by atoms with van der Waals surface area (Å²) in [6.07, 6.45) is 0. The Morgan fingerprint density at radius 2 is 0.474 bits per heavy atom. The van der Waals surface area contributed by atoms with E-state index < -0.39 is 20.3 Å². The van der Waals surface area contributed by atoms with Crippen LogP contribution < -0.4 is 18.5 Å². The summed E-state index contributed by atoms with van der Waals surface area (Å²) in [6.45, 7) is 0. The molecule has 120 valence electrons. The zero-order valence-corrected chi connectivity index (χ0v) is 8.97. The van der Waals surface area contributed by atoms with Crippen molar-refractivity contribution in [3.63, 3.8) is 0 Å². The Kier molecular flexibility index (Phi) is 86.1. The standard InChI is InChI=1S/4HNO3.3H3N/c4*2-1(3)4;;;/h4*(H,2,3,4);3*1H3. The Balaban J connectivity index is -0.0000000192. The van der Waals surface area contributed by atoms with Crippen LogP contribution >= 0.6 is 0 Å². The summed E-state index contributed by atoms with van der Waals surface area (Å²) < 4.78 is 0. The summed E-state index contributed by atoms with van der Waals surface area (Å²) >= 11 is 0. The van der Waals surface area contributed by atoms with E-state index in [1.54, 1.807) is 0 Å². The zero-order chi connectivity index (χ0) is 14.3. The summed E-state index contributed by atoms with van der Waals surface area (Å²) in [6, 6.07) is 0. The van der Waals surface area contributed by atoms with Crippen molar-refractivity contribution < 1.29 is 41.2 Å². The molecule has 0 radical (unpaired) electrons. The van der Waals surface area contributed by atoms with Crippen LogP contribution in [-0.4, -0.2) is 41.2 Å². The van der Waals surface area contributed by atoms with Gasteiger partial charge >= 0.3 is 0 Å². The van der Waals surface area contributed by atoms with E-state index >= 15 is 0 Å². The van der Waals surface area contributed by atoms with Crippen LogP contribution in [0.25, 0.3) is 0 Å². The Morgan fingerprint density at radius 1 is 0.474 bits per heavy atom. The minimum Gasteiger partial charge on any atom is -0.344 e. The first-order valence-corrected chi connectivity index (χ1v) is 2.26. The number of rotatable bonds is 0. The fourth-order valence-corrected chi connectivity index (χ4v) is 0. The maximum absolute atomic E-state index is 8.36. The van der Waals surface area contributed by atoms with Gasteiger partial charge in [-0.2, -0.15) is 0 Å². The van der Waals surface area contributed by atoms with Gasteiger partial charge in [-0.25, -0.2) is 0 Å². The van der Waals surface area contributed by atoms with Crippen molar-refractivity contribution in [2.75, 3.05) is 0 Å². The summed E-state index contributed by atoms with van der Waals surface area (Å²) in [5.41, 5.74) is 0. The molecule has 0 rings (SSSR count). The van der Waals surface area contributed by atoms with Gasteiger partial charge in [0.25, 0.3) is 20.3 Å². The smallest absolute Gasteiger partial charge is 0.291 e. The average molecular weight is 303 g/mol. The van der Waals surface area contributed by atoms with Crippen molar-refractivity contribution in [3.05, 3.63) is 40.5 Å². The van der Waals surface area contributed by atoms with E-state index in [-0.39, 0.29) is 18.5 Å². The molecule has 0 aliphatic heterocycles. The van der Waals surface area contributed by atoms with Crippen LogP contribution in [0, 0.1) is 40.5 Å². The van der Waals surface area contributed by atoms with Gasteiger partial charge in [0, 0.05) is 0 Å². The highest BCUT2D eigenvalue weighted by atomic mass is 16.9. The Labute approximate surface area is 101 Å². The van der Waals surface area contributed by atoms with Gasteiger partial charge in [0.05, 0.1) is 0 Å². The zero-order valence-electron chi connectivity index (χ0n) is 8.97. The third-order valence-corrected chi connectivity index (χ3v) is 0. The van der Waals surface area contributed by atoms with E-state index in [0.717, 1.165) is 0 Å². The number of hydrogen-bond acceptors (Lipinski definition) is 11. The topological polar surface area (TPSA) is 358 Å². The van der Waals surface area contributed by atoms with Gasteiger partial charge in [0.2, 0.25) is 0 Å². The van der Waals surface area contributed by atoms with Crippen LogP contribution in [0.5, 0.6) is 0 Å². The van der Waals surface area contributed by atoms with Gasteiger partial charge in [-0.1, -0.05) is 0 Å². The number of nitrogens with zero attached hydrogens (tertiary/aromatic N) is 4. The van der Waals surface area contributed by atoms with E-state index in [1.165, 1.54) is 0 Å². The van der Waals surface area contributed by atoms with E-state index in [9.17, 15) is 0 Å². The van der Waals surface area contributed by atoms with Gasteiger partial charge < -0.3 is 39.3 Å². The molecule has 0 aliphatic carbocycles. The van der Waals surface area contributed by atoms with Gasteiger partial charge in [-0.05, 0) is 0 Å². The Hall–Kier alpha value is -3.32. The molecule has 0 bridgehead atoms. The fraction of sp³-hybridized carbons (Fsp3) is 0. The lowest BCUT2D eigenvalue weighted by molar-refractivity contribution is -0.742. The molecule has 0 saturated carbocycles. The van der Waals surface area contributed by atoms with Crippen molar-refractivity contribution in [1.29, 1.82) is 0 Å². The molecular formula is H13N7O12. The molecule has 0 unspecified atom stereocenters. The molecule has 19 heteroatoms. The monoisotopic (exact) mass is 303 g/mol. The van der Waals surface area contributed by atoms with Crippen LogP contribution in [0.15, 0.2) is 0 Å². The van der Waals surface area contributed by atoms with Crippen molar-refractivity contribution in [3.8, 4) is 0 Å². The lowest BCUT2D eigenvalue weighted by Gasteiger charge is -1.56. The first kappa shape index (κ1) is 44.8. The Bertz CT molecular complexity index is 158. The van der Waals surface area contributed by atoms with E-state index in [4.69, 9.17) is 61.3 Å². The molecule has 0 aliphatic rings. The summed E-state index contributed by atoms with van der Waals surface area (Å²) in [7, 11) is 0. The molecule has 0 aromatic heterocycles. The summed E-state index contributed by atoms with van der Waals surface area (Å²) in [5, 5.41) is 54.6. The van der Waals surface area contributed by atoms with E-state index in [0.29, 0.717) is 0 Å². The van der Waals surface area contributed by atoms with Crippen LogP contribution in [0.1, 0.15) is 0 Å². The molecule has 0 aromatic carbocycles. The molecule has 0 atom stereocenters. The van der Waals surface area contributed by atoms with Crippen LogP contribution in [-0.2, 0) is 0 Å². The molecular weight excluding hydrogens is 290 g/mol.